The zero-order valence-electron chi connectivity index (χ0n) is 17.0. The Bertz CT molecular complexity index is 1560. The van der Waals surface area contributed by atoms with E-state index in [0.717, 1.165) is 18.2 Å². The van der Waals surface area contributed by atoms with Crippen LogP contribution in [0.3, 0.4) is 0 Å². The van der Waals surface area contributed by atoms with Crippen LogP contribution in [0.25, 0.3) is 10.9 Å². The smallest absolute Gasteiger partial charge is 0.335 e. The van der Waals surface area contributed by atoms with Gasteiger partial charge in [-0.2, -0.15) is 5.11 Å². The minimum absolute atomic E-state index is 0.0923. The second kappa shape index (κ2) is 7.20. The van der Waals surface area contributed by atoms with Crippen LogP contribution in [0.4, 0.5) is 22.7 Å². The summed E-state index contributed by atoms with van der Waals surface area (Å²) in [4.78, 5) is 47.5. The Hall–Kier alpha value is -5.61. The molecule has 3 aromatic rings. The number of nitrogens with one attached hydrogen (secondary N) is 4. The minimum atomic E-state index is -2.30. The van der Waals surface area contributed by atoms with Crippen molar-refractivity contribution in [2.75, 3.05) is 10.7 Å². The molecule has 17 nitrogen and oxygen atoms in total. The van der Waals surface area contributed by atoms with E-state index < -0.39 is 49.3 Å². The highest BCUT2D eigenvalue weighted by Gasteiger charge is 2.62. The molecular weight excluding hydrogens is 470 g/mol. The number of aromatic amines is 1. The summed E-state index contributed by atoms with van der Waals surface area (Å²) < 4.78 is 0. The first-order valence-corrected chi connectivity index (χ1v) is 9.57. The average Bonchev–Trinajstić information content (AvgIpc) is 3.43. The second-order valence-corrected chi connectivity index (χ2v) is 7.39. The zero-order chi connectivity index (χ0) is 25.1. The van der Waals surface area contributed by atoms with Gasteiger partial charge in [-0.1, -0.05) is 0 Å². The number of hydrogen-bond acceptors (Lipinski definition) is 12. The number of anilines is 2. The number of rotatable bonds is 6. The van der Waals surface area contributed by atoms with Crippen LogP contribution in [0.15, 0.2) is 58.1 Å². The fourth-order valence-electron chi connectivity index (χ4n) is 3.94. The number of carbonyl (C=O) groups excluding carboxylic acids is 1. The number of non-ortho nitro benzene ring substituents is 2. The van der Waals surface area contributed by atoms with Gasteiger partial charge in [-0.3, -0.25) is 46.0 Å². The summed E-state index contributed by atoms with van der Waals surface area (Å²) in [6.45, 7) is 0. The predicted octanol–water partition coefficient (Wildman–Crippen LogP) is 2.37. The summed E-state index contributed by atoms with van der Waals surface area (Å²) in [6, 6.07) is 7.09. The van der Waals surface area contributed by atoms with Crippen LogP contribution in [-0.4, -0.2) is 30.8 Å². The summed E-state index contributed by atoms with van der Waals surface area (Å²) in [7, 11) is 0. The van der Waals surface area contributed by atoms with Gasteiger partial charge in [-0.05, 0) is 12.1 Å². The number of hydrazine groups is 1. The van der Waals surface area contributed by atoms with E-state index in [9.17, 15) is 40.2 Å². The monoisotopic (exact) mass is 481 g/mol. The standard InChI is InChI=1S/C18H11N9O8/c28-16-13(9-5-7(25(30)31)1-3-11(9)19-16)21-22-15-14(27(34)35)18(24-23-15)10-6-8(26(32)33)2-4-12(10)20-17(18)29/h1-6,19,21-22,28H,(H,20,29)/t18-/m1/s1. The van der Waals surface area contributed by atoms with E-state index in [1.54, 1.807) is 0 Å². The molecular formula is C18H11N9O8. The number of azo groups is 1. The fraction of sp³-hybridized carbons (Fsp3) is 0.0556. The lowest BCUT2D eigenvalue weighted by atomic mass is 9.89. The van der Waals surface area contributed by atoms with Crippen molar-refractivity contribution >= 4 is 39.6 Å². The maximum atomic E-state index is 12.8. The molecule has 0 saturated heterocycles. The summed E-state index contributed by atoms with van der Waals surface area (Å²) in [6.07, 6.45) is 0. The molecule has 35 heavy (non-hydrogen) atoms. The molecule has 1 atom stereocenters. The molecule has 2 aromatic carbocycles. The first kappa shape index (κ1) is 21.2. The van der Waals surface area contributed by atoms with Gasteiger partial charge in [0, 0.05) is 40.9 Å². The Morgan fingerprint density at radius 1 is 0.943 bits per heavy atom. The third kappa shape index (κ3) is 2.98. The van der Waals surface area contributed by atoms with Gasteiger partial charge in [0.15, 0.2) is 0 Å². The van der Waals surface area contributed by atoms with E-state index in [2.05, 4.69) is 31.4 Å². The molecule has 2 aliphatic rings. The lowest BCUT2D eigenvalue weighted by Crippen LogP contribution is -2.37. The van der Waals surface area contributed by atoms with Gasteiger partial charge in [0.05, 0.1) is 20.3 Å². The highest BCUT2D eigenvalue weighted by molar-refractivity contribution is 6.08. The highest BCUT2D eigenvalue weighted by Crippen LogP contribution is 2.49. The minimum Gasteiger partial charge on any atom is -0.493 e. The van der Waals surface area contributed by atoms with Crippen molar-refractivity contribution in [1.29, 1.82) is 0 Å². The number of fused-ring (bicyclic) bond motifs is 3. The predicted molar refractivity (Wildman–Crippen MR) is 116 cm³/mol. The van der Waals surface area contributed by atoms with Gasteiger partial charge in [-0.25, -0.2) is 0 Å². The molecule has 0 saturated carbocycles. The van der Waals surface area contributed by atoms with Crippen LogP contribution >= 0.6 is 0 Å². The quantitative estimate of drug-likeness (QED) is 0.254. The van der Waals surface area contributed by atoms with Crippen LogP contribution in [0, 0.1) is 30.3 Å². The maximum absolute atomic E-state index is 12.8. The van der Waals surface area contributed by atoms with Gasteiger partial charge < -0.3 is 15.4 Å². The van der Waals surface area contributed by atoms with E-state index in [-0.39, 0.29) is 28.0 Å². The Morgan fingerprint density at radius 2 is 1.63 bits per heavy atom. The van der Waals surface area contributed by atoms with Crippen molar-refractivity contribution in [2.45, 2.75) is 5.54 Å². The van der Waals surface area contributed by atoms with Crippen LogP contribution < -0.4 is 16.2 Å². The SMILES string of the molecule is O=C1Nc2ccc([N+](=O)[O-])cc2[C@]12N=NC(NNc1c(O)[nH]c3ccc([N+](=O)[O-])cc13)=C2[N+](=O)[O-]. The van der Waals surface area contributed by atoms with Gasteiger partial charge >= 0.3 is 5.70 Å². The first-order chi connectivity index (χ1) is 16.6. The molecule has 1 spiro atoms. The Labute approximate surface area is 191 Å². The lowest BCUT2D eigenvalue weighted by Gasteiger charge is -2.14. The highest BCUT2D eigenvalue weighted by atomic mass is 16.6. The Balaban J connectivity index is 1.57. The Morgan fingerprint density at radius 3 is 2.31 bits per heavy atom. The number of aromatic hydroxyl groups is 1. The molecule has 0 radical (unpaired) electrons. The molecule has 1 amide bonds. The van der Waals surface area contributed by atoms with Gasteiger partial charge in [0.1, 0.15) is 5.69 Å². The number of nitro groups is 3. The van der Waals surface area contributed by atoms with Gasteiger partial charge in [0.25, 0.3) is 22.8 Å². The number of nitrogens with zero attached hydrogens (tertiary/aromatic N) is 5. The third-order valence-electron chi connectivity index (χ3n) is 5.51. The molecule has 0 unspecified atom stereocenters. The number of aromatic nitrogens is 1. The zero-order valence-corrected chi connectivity index (χ0v) is 17.0. The van der Waals surface area contributed by atoms with Crippen LogP contribution in [0.5, 0.6) is 5.88 Å². The summed E-state index contributed by atoms with van der Waals surface area (Å²) >= 11 is 0. The number of benzene rings is 2. The van der Waals surface area contributed by atoms with Crippen molar-refractivity contribution in [2.24, 2.45) is 10.2 Å². The van der Waals surface area contributed by atoms with Crippen LogP contribution in [0.1, 0.15) is 5.56 Å². The van der Waals surface area contributed by atoms with E-state index in [0.29, 0.717) is 5.52 Å². The van der Waals surface area contributed by atoms with E-state index >= 15 is 0 Å². The number of amides is 1. The molecule has 17 heteroatoms. The van der Waals surface area contributed by atoms with Crippen LogP contribution in [-0.2, 0) is 10.3 Å². The van der Waals surface area contributed by atoms with Gasteiger partial charge in [0.2, 0.25) is 11.7 Å². The third-order valence-corrected chi connectivity index (χ3v) is 5.51. The number of carbonyl (C=O) groups is 1. The first-order valence-electron chi connectivity index (χ1n) is 9.57. The molecule has 5 rings (SSSR count). The fourth-order valence-corrected chi connectivity index (χ4v) is 3.94. The Kier molecular flexibility index (Phi) is 4.37. The van der Waals surface area contributed by atoms with Crippen molar-refractivity contribution in [1.82, 2.24) is 10.4 Å². The molecule has 176 valence electrons. The number of H-pyrrole nitrogens is 1. The second-order valence-electron chi connectivity index (χ2n) is 7.39. The summed E-state index contributed by atoms with van der Waals surface area (Å²) in [5.74, 6) is -1.91. The maximum Gasteiger partial charge on any atom is 0.335 e. The molecule has 5 N–H and O–H groups in total. The van der Waals surface area contributed by atoms with Crippen molar-refractivity contribution in [3.8, 4) is 5.88 Å². The number of hydrogen-bond donors (Lipinski definition) is 5. The van der Waals surface area contributed by atoms with Crippen molar-refractivity contribution < 1.29 is 24.7 Å². The molecule has 2 aliphatic heterocycles. The van der Waals surface area contributed by atoms with Gasteiger partial charge in [-0.15, -0.1) is 5.11 Å². The molecule has 0 bridgehead atoms. The largest absolute Gasteiger partial charge is 0.493 e. The summed E-state index contributed by atoms with van der Waals surface area (Å²) in [5, 5.41) is 54.7. The summed E-state index contributed by atoms with van der Waals surface area (Å²) in [5.41, 5.74) is 1.27. The topological polar surface area (TPSA) is 243 Å². The van der Waals surface area contributed by atoms with E-state index in [1.807, 2.05) is 0 Å². The van der Waals surface area contributed by atoms with Crippen LogP contribution in [0.2, 0.25) is 0 Å². The number of nitro benzene ring substituents is 2. The van der Waals surface area contributed by atoms with Crippen molar-refractivity contribution in [3.05, 3.63) is 83.8 Å². The van der Waals surface area contributed by atoms with E-state index in [4.69, 9.17) is 0 Å². The molecule has 0 fully saturated rings. The van der Waals surface area contributed by atoms with Crippen molar-refractivity contribution in [3.63, 3.8) is 0 Å². The average molecular weight is 481 g/mol. The molecule has 0 aliphatic carbocycles. The normalized spacial score (nSPS) is 18.1. The molecule has 3 heterocycles. The lowest BCUT2D eigenvalue weighted by molar-refractivity contribution is -0.434. The van der Waals surface area contributed by atoms with E-state index in [1.165, 1.54) is 18.2 Å². The molecule has 1 aromatic heterocycles.